The molecule has 1 fully saturated rings. The van der Waals surface area contributed by atoms with Crippen LogP contribution in [0.5, 0.6) is 0 Å². The lowest BCUT2D eigenvalue weighted by molar-refractivity contribution is 0.135. The van der Waals surface area contributed by atoms with Crippen molar-refractivity contribution in [3.63, 3.8) is 0 Å². The highest BCUT2D eigenvalue weighted by Crippen LogP contribution is 2.14. The summed E-state index contributed by atoms with van der Waals surface area (Å²) in [5, 5.41) is 0. The molecule has 0 aliphatic carbocycles. The molecule has 0 aromatic carbocycles. The van der Waals surface area contributed by atoms with Crippen LogP contribution in [0, 0.1) is 0 Å². The second-order valence-corrected chi connectivity index (χ2v) is 3.61. The lowest BCUT2D eigenvalue weighted by Gasteiger charge is -2.29. The highest BCUT2D eigenvalue weighted by Gasteiger charge is 2.23. The van der Waals surface area contributed by atoms with E-state index in [2.05, 4.69) is 18.9 Å². The van der Waals surface area contributed by atoms with Crippen LogP contribution < -0.4 is 5.73 Å². The summed E-state index contributed by atoms with van der Waals surface area (Å²) in [7, 11) is 2.17. The Morgan fingerprint density at radius 3 is 2.92 bits per heavy atom. The topological polar surface area (TPSA) is 38.5 Å². The highest BCUT2D eigenvalue weighted by atomic mass is 16.5. The monoisotopic (exact) mass is 172 g/mol. The highest BCUT2D eigenvalue weighted by molar-refractivity contribution is 4.77. The van der Waals surface area contributed by atoms with Crippen LogP contribution in [0.1, 0.15) is 19.8 Å². The SMILES string of the molecule is CC(CCN)N(C)C1CCOC1. The number of rotatable bonds is 4. The Balaban J connectivity index is 2.29. The van der Waals surface area contributed by atoms with E-state index in [4.69, 9.17) is 10.5 Å². The van der Waals surface area contributed by atoms with Gasteiger partial charge >= 0.3 is 0 Å². The van der Waals surface area contributed by atoms with E-state index in [0.717, 1.165) is 26.2 Å². The Hall–Kier alpha value is -0.120. The van der Waals surface area contributed by atoms with Gasteiger partial charge in [0.25, 0.3) is 0 Å². The van der Waals surface area contributed by atoms with E-state index in [1.165, 1.54) is 6.42 Å². The Kier molecular flexibility index (Phi) is 3.98. The molecule has 1 aliphatic rings. The zero-order chi connectivity index (χ0) is 8.97. The summed E-state index contributed by atoms with van der Waals surface area (Å²) in [5.74, 6) is 0. The molecular formula is C9H20N2O. The molecule has 1 heterocycles. The Morgan fingerprint density at radius 1 is 1.67 bits per heavy atom. The van der Waals surface area contributed by atoms with Crippen molar-refractivity contribution in [2.75, 3.05) is 26.8 Å². The molecule has 0 radical (unpaired) electrons. The molecule has 1 aliphatic heterocycles. The summed E-state index contributed by atoms with van der Waals surface area (Å²) < 4.78 is 5.33. The van der Waals surface area contributed by atoms with Gasteiger partial charge in [-0.3, -0.25) is 4.90 Å². The van der Waals surface area contributed by atoms with E-state index >= 15 is 0 Å². The molecular weight excluding hydrogens is 152 g/mol. The number of hydrogen-bond donors (Lipinski definition) is 1. The van der Waals surface area contributed by atoms with Gasteiger partial charge in [-0.15, -0.1) is 0 Å². The van der Waals surface area contributed by atoms with Crippen molar-refractivity contribution in [1.29, 1.82) is 0 Å². The number of ether oxygens (including phenoxy) is 1. The zero-order valence-electron chi connectivity index (χ0n) is 8.12. The first-order valence-electron chi connectivity index (χ1n) is 4.75. The fourth-order valence-corrected chi connectivity index (χ4v) is 1.65. The van der Waals surface area contributed by atoms with Gasteiger partial charge < -0.3 is 10.5 Å². The van der Waals surface area contributed by atoms with Gasteiger partial charge in [-0.1, -0.05) is 0 Å². The van der Waals surface area contributed by atoms with Crippen molar-refractivity contribution >= 4 is 0 Å². The molecule has 1 saturated heterocycles. The Labute approximate surface area is 74.9 Å². The third kappa shape index (κ3) is 2.44. The van der Waals surface area contributed by atoms with Crippen molar-refractivity contribution in [2.24, 2.45) is 5.73 Å². The maximum Gasteiger partial charge on any atom is 0.0622 e. The summed E-state index contributed by atoms with van der Waals surface area (Å²) in [6.45, 7) is 4.82. The average Bonchev–Trinajstić information content (AvgIpc) is 2.55. The van der Waals surface area contributed by atoms with E-state index in [0.29, 0.717) is 12.1 Å². The van der Waals surface area contributed by atoms with Crippen LogP contribution in [0.25, 0.3) is 0 Å². The fourth-order valence-electron chi connectivity index (χ4n) is 1.65. The lowest BCUT2D eigenvalue weighted by atomic mass is 10.1. The van der Waals surface area contributed by atoms with Gasteiger partial charge in [-0.25, -0.2) is 0 Å². The first-order chi connectivity index (χ1) is 5.75. The summed E-state index contributed by atoms with van der Waals surface area (Å²) >= 11 is 0. The third-order valence-electron chi connectivity index (χ3n) is 2.76. The first-order valence-corrected chi connectivity index (χ1v) is 4.75. The van der Waals surface area contributed by atoms with Crippen LogP contribution in [-0.4, -0.2) is 43.8 Å². The number of nitrogens with zero attached hydrogens (tertiary/aromatic N) is 1. The number of likely N-dealkylation sites (N-methyl/N-ethyl adjacent to an activating group) is 1. The van der Waals surface area contributed by atoms with Crippen molar-refractivity contribution in [3.05, 3.63) is 0 Å². The molecule has 0 aromatic rings. The maximum atomic E-state index is 5.51. The van der Waals surface area contributed by atoms with Crippen molar-refractivity contribution in [3.8, 4) is 0 Å². The van der Waals surface area contributed by atoms with Crippen molar-refractivity contribution < 1.29 is 4.74 Å². The van der Waals surface area contributed by atoms with Gasteiger partial charge in [-0.05, 0) is 33.4 Å². The number of nitrogens with two attached hydrogens (primary N) is 1. The lowest BCUT2D eigenvalue weighted by Crippen LogP contribution is -2.39. The van der Waals surface area contributed by atoms with E-state index in [1.54, 1.807) is 0 Å². The Bertz CT molecular complexity index is 124. The van der Waals surface area contributed by atoms with Gasteiger partial charge in [-0.2, -0.15) is 0 Å². The molecule has 3 heteroatoms. The van der Waals surface area contributed by atoms with Crippen LogP contribution in [0.15, 0.2) is 0 Å². The van der Waals surface area contributed by atoms with E-state index < -0.39 is 0 Å². The average molecular weight is 172 g/mol. The Morgan fingerprint density at radius 2 is 2.42 bits per heavy atom. The van der Waals surface area contributed by atoms with Gasteiger partial charge in [0, 0.05) is 18.7 Å². The van der Waals surface area contributed by atoms with E-state index in [1.807, 2.05) is 0 Å². The van der Waals surface area contributed by atoms with E-state index in [9.17, 15) is 0 Å². The molecule has 12 heavy (non-hydrogen) atoms. The molecule has 0 bridgehead atoms. The van der Waals surface area contributed by atoms with Crippen LogP contribution in [0.4, 0.5) is 0 Å². The normalized spacial score (nSPS) is 26.5. The molecule has 72 valence electrons. The van der Waals surface area contributed by atoms with E-state index in [-0.39, 0.29) is 0 Å². The predicted octanol–water partition coefficient (Wildman–Crippen LogP) is 0.444. The predicted molar refractivity (Wildman–Crippen MR) is 50.1 cm³/mol. The molecule has 2 N–H and O–H groups in total. The summed E-state index contributed by atoms with van der Waals surface area (Å²) in [6.07, 6.45) is 2.25. The van der Waals surface area contributed by atoms with Crippen molar-refractivity contribution in [1.82, 2.24) is 4.90 Å². The molecule has 1 rings (SSSR count). The minimum atomic E-state index is 0.585. The van der Waals surface area contributed by atoms with Gasteiger partial charge in [0.05, 0.1) is 6.61 Å². The molecule has 2 atom stereocenters. The molecule has 0 saturated carbocycles. The van der Waals surface area contributed by atoms with Crippen LogP contribution in [0.2, 0.25) is 0 Å². The first kappa shape index (κ1) is 9.96. The second kappa shape index (κ2) is 4.80. The van der Waals surface area contributed by atoms with Crippen LogP contribution in [-0.2, 0) is 4.74 Å². The molecule has 3 nitrogen and oxygen atoms in total. The summed E-state index contributed by atoms with van der Waals surface area (Å²) in [6, 6.07) is 1.20. The molecule has 0 spiro atoms. The molecule has 0 amide bonds. The van der Waals surface area contributed by atoms with Gasteiger partial charge in [0.1, 0.15) is 0 Å². The minimum absolute atomic E-state index is 0.585. The number of hydrogen-bond acceptors (Lipinski definition) is 3. The quantitative estimate of drug-likeness (QED) is 0.669. The summed E-state index contributed by atoms with van der Waals surface area (Å²) in [4.78, 5) is 2.39. The maximum absolute atomic E-state index is 5.51. The largest absolute Gasteiger partial charge is 0.380 e. The van der Waals surface area contributed by atoms with Gasteiger partial charge in [0.15, 0.2) is 0 Å². The van der Waals surface area contributed by atoms with Crippen molar-refractivity contribution in [2.45, 2.75) is 31.8 Å². The van der Waals surface area contributed by atoms with Crippen LogP contribution >= 0.6 is 0 Å². The smallest absolute Gasteiger partial charge is 0.0622 e. The third-order valence-corrected chi connectivity index (χ3v) is 2.76. The van der Waals surface area contributed by atoms with Crippen LogP contribution in [0.3, 0.4) is 0 Å². The van der Waals surface area contributed by atoms with Gasteiger partial charge in [0.2, 0.25) is 0 Å². The fraction of sp³-hybridized carbons (Fsp3) is 1.00. The molecule has 2 unspecified atom stereocenters. The molecule has 0 aromatic heterocycles. The summed E-state index contributed by atoms with van der Waals surface area (Å²) in [5.41, 5.74) is 5.51. The minimum Gasteiger partial charge on any atom is -0.380 e. The second-order valence-electron chi connectivity index (χ2n) is 3.61. The zero-order valence-corrected chi connectivity index (χ0v) is 8.12. The standard InChI is InChI=1S/C9H20N2O/c1-8(3-5-10)11(2)9-4-6-12-7-9/h8-9H,3-7,10H2,1-2H3.